The Morgan fingerprint density at radius 1 is 1.00 bits per heavy atom. The highest BCUT2D eigenvalue weighted by atomic mass is 32.2. The van der Waals surface area contributed by atoms with Gasteiger partial charge in [-0.15, -0.1) is 10.2 Å². The fourth-order valence-corrected chi connectivity index (χ4v) is 3.02. The van der Waals surface area contributed by atoms with Crippen LogP contribution in [-0.2, 0) is 4.79 Å². The van der Waals surface area contributed by atoms with Crippen LogP contribution in [0.2, 0.25) is 0 Å². The van der Waals surface area contributed by atoms with Gasteiger partial charge in [-0.2, -0.15) is 0 Å². The maximum Gasteiger partial charge on any atom is 0.325 e. The standard InChI is InChI=1S/C20H20N4O3S/c1-12-8-9-15(10-14(12)3)21-19(26)22-17(25)11-28-20-24-23-18(27-20)16-7-5-4-6-13(16)2/h4-10H,11H2,1-3H3,(H2,21,22,25,26). The van der Waals surface area contributed by atoms with Gasteiger partial charge >= 0.3 is 6.03 Å². The summed E-state index contributed by atoms with van der Waals surface area (Å²) >= 11 is 1.07. The molecule has 3 amide bonds. The zero-order valence-corrected chi connectivity index (χ0v) is 16.6. The molecule has 0 aliphatic carbocycles. The summed E-state index contributed by atoms with van der Waals surface area (Å²) in [6.07, 6.45) is 0. The molecule has 1 aromatic heterocycles. The van der Waals surface area contributed by atoms with Crippen molar-refractivity contribution >= 4 is 29.4 Å². The number of benzene rings is 2. The first-order chi connectivity index (χ1) is 13.4. The highest BCUT2D eigenvalue weighted by Crippen LogP contribution is 2.25. The molecule has 8 heteroatoms. The van der Waals surface area contributed by atoms with Crippen molar-refractivity contribution in [2.45, 2.75) is 26.0 Å². The van der Waals surface area contributed by atoms with Crippen molar-refractivity contribution in [1.29, 1.82) is 0 Å². The largest absolute Gasteiger partial charge is 0.411 e. The second kappa shape index (κ2) is 8.71. The van der Waals surface area contributed by atoms with Crippen LogP contribution >= 0.6 is 11.8 Å². The minimum absolute atomic E-state index is 0.0181. The van der Waals surface area contributed by atoms with E-state index in [4.69, 9.17) is 4.42 Å². The summed E-state index contributed by atoms with van der Waals surface area (Å²) < 4.78 is 5.59. The van der Waals surface area contributed by atoms with Crippen LogP contribution in [0.5, 0.6) is 0 Å². The van der Waals surface area contributed by atoms with E-state index in [1.54, 1.807) is 6.07 Å². The predicted molar refractivity (Wildman–Crippen MR) is 108 cm³/mol. The molecular formula is C20H20N4O3S. The third-order valence-corrected chi connectivity index (χ3v) is 4.94. The Kier molecular flexibility index (Phi) is 6.10. The van der Waals surface area contributed by atoms with Crippen LogP contribution < -0.4 is 10.6 Å². The number of carbonyl (C=O) groups is 2. The number of thioether (sulfide) groups is 1. The Bertz CT molecular complexity index is 1020. The van der Waals surface area contributed by atoms with Gasteiger partial charge in [0.05, 0.1) is 5.75 Å². The van der Waals surface area contributed by atoms with Crippen LogP contribution in [0.25, 0.3) is 11.5 Å². The van der Waals surface area contributed by atoms with E-state index in [-0.39, 0.29) is 11.0 Å². The van der Waals surface area contributed by atoms with Gasteiger partial charge in [0, 0.05) is 11.3 Å². The number of nitrogens with one attached hydrogen (secondary N) is 2. The van der Waals surface area contributed by atoms with E-state index < -0.39 is 11.9 Å². The average Bonchev–Trinajstić information content (AvgIpc) is 3.12. The molecule has 0 atom stereocenters. The maximum absolute atomic E-state index is 12.0. The van der Waals surface area contributed by atoms with Crippen LogP contribution in [0, 0.1) is 20.8 Å². The molecule has 3 rings (SSSR count). The molecule has 3 aromatic rings. The summed E-state index contributed by atoms with van der Waals surface area (Å²) in [4.78, 5) is 23.9. The molecule has 0 saturated heterocycles. The summed E-state index contributed by atoms with van der Waals surface area (Å²) in [5.41, 5.74) is 4.67. The molecular weight excluding hydrogens is 376 g/mol. The number of anilines is 1. The van der Waals surface area contributed by atoms with Crippen molar-refractivity contribution in [3.63, 3.8) is 0 Å². The van der Waals surface area contributed by atoms with Gasteiger partial charge in [-0.05, 0) is 55.7 Å². The highest BCUT2D eigenvalue weighted by molar-refractivity contribution is 7.99. The summed E-state index contributed by atoms with van der Waals surface area (Å²) in [6.45, 7) is 5.89. The highest BCUT2D eigenvalue weighted by Gasteiger charge is 2.14. The Hall–Kier alpha value is -3.13. The molecule has 144 valence electrons. The van der Waals surface area contributed by atoms with Crippen LogP contribution in [0.4, 0.5) is 10.5 Å². The lowest BCUT2D eigenvalue weighted by Crippen LogP contribution is -2.35. The van der Waals surface area contributed by atoms with E-state index in [1.165, 1.54) is 0 Å². The third kappa shape index (κ3) is 4.98. The number of aryl methyl sites for hydroxylation is 3. The number of nitrogens with zero attached hydrogens (tertiary/aromatic N) is 2. The molecule has 0 bridgehead atoms. The Labute approximate surface area is 166 Å². The number of aromatic nitrogens is 2. The fourth-order valence-electron chi connectivity index (χ4n) is 2.46. The second-order valence-corrected chi connectivity index (χ2v) is 7.20. The van der Waals surface area contributed by atoms with Gasteiger partial charge in [-0.3, -0.25) is 10.1 Å². The third-order valence-electron chi connectivity index (χ3n) is 4.13. The lowest BCUT2D eigenvalue weighted by atomic mass is 10.1. The van der Waals surface area contributed by atoms with Gasteiger partial charge in [0.2, 0.25) is 11.8 Å². The fraction of sp³-hybridized carbons (Fsp3) is 0.200. The molecule has 0 saturated carbocycles. The SMILES string of the molecule is Cc1ccc(NC(=O)NC(=O)CSc2nnc(-c3ccccc3C)o2)cc1C. The van der Waals surface area contributed by atoms with E-state index >= 15 is 0 Å². The number of amides is 3. The van der Waals surface area contributed by atoms with Crippen LogP contribution in [0.15, 0.2) is 52.1 Å². The van der Waals surface area contributed by atoms with Gasteiger partial charge in [-0.1, -0.05) is 36.0 Å². The van der Waals surface area contributed by atoms with E-state index in [1.807, 2.05) is 57.2 Å². The molecule has 1 heterocycles. The van der Waals surface area contributed by atoms with Crippen molar-refractivity contribution < 1.29 is 14.0 Å². The Balaban J connectivity index is 1.51. The van der Waals surface area contributed by atoms with Gasteiger partial charge in [0.1, 0.15) is 0 Å². The van der Waals surface area contributed by atoms with Gasteiger partial charge in [-0.25, -0.2) is 4.79 Å². The molecule has 0 unspecified atom stereocenters. The first-order valence-electron chi connectivity index (χ1n) is 8.63. The minimum atomic E-state index is -0.583. The lowest BCUT2D eigenvalue weighted by Gasteiger charge is -2.08. The molecule has 0 aliphatic heterocycles. The first-order valence-corrected chi connectivity index (χ1v) is 9.61. The van der Waals surface area contributed by atoms with E-state index in [2.05, 4.69) is 20.8 Å². The molecule has 2 aromatic carbocycles. The smallest absolute Gasteiger partial charge is 0.325 e. The van der Waals surface area contributed by atoms with Crippen LogP contribution in [0.3, 0.4) is 0 Å². The van der Waals surface area contributed by atoms with E-state index in [0.717, 1.165) is 34.0 Å². The maximum atomic E-state index is 12.0. The number of hydrogen-bond acceptors (Lipinski definition) is 6. The Morgan fingerprint density at radius 2 is 1.79 bits per heavy atom. The number of carbonyl (C=O) groups excluding carboxylic acids is 2. The number of urea groups is 1. The van der Waals surface area contributed by atoms with Crippen molar-refractivity contribution in [1.82, 2.24) is 15.5 Å². The van der Waals surface area contributed by atoms with Crippen LogP contribution in [-0.4, -0.2) is 27.9 Å². The summed E-state index contributed by atoms with van der Waals surface area (Å²) in [7, 11) is 0. The van der Waals surface area contributed by atoms with E-state index in [0.29, 0.717) is 11.6 Å². The summed E-state index contributed by atoms with van der Waals surface area (Å²) in [6, 6.07) is 12.6. The zero-order chi connectivity index (χ0) is 20.1. The molecule has 28 heavy (non-hydrogen) atoms. The summed E-state index contributed by atoms with van der Waals surface area (Å²) in [5.74, 6) is -0.0779. The topological polar surface area (TPSA) is 97.1 Å². The van der Waals surface area contributed by atoms with E-state index in [9.17, 15) is 9.59 Å². The van der Waals surface area contributed by atoms with Gasteiger partial charge in [0.15, 0.2) is 0 Å². The number of imide groups is 1. The average molecular weight is 396 g/mol. The monoisotopic (exact) mass is 396 g/mol. The zero-order valence-electron chi connectivity index (χ0n) is 15.8. The number of rotatable bonds is 5. The molecule has 0 radical (unpaired) electrons. The second-order valence-electron chi connectivity index (χ2n) is 6.28. The molecule has 0 aliphatic rings. The van der Waals surface area contributed by atoms with Crippen molar-refractivity contribution in [2.75, 3.05) is 11.1 Å². The van der Waals surface area contributed by atoms with Crippen molar-refractivity contribution in [2.24, 2.45) is 0 Å². The predicted octanol–water partition coefficient (Wildman–Crippen LogP) is 4.10. The quantitative estimate of drug-likeness (QED) is 0.630. The number of hydrogen-bond donors (Lipinski definition) is 2. The lowest BCUT2D eigenvalue weighted by molar-refractivity contribution is -0.117. The van der Waals surface area contributed by atoms with Gasteiger partial charge < -0.3 is 9.73 Å². The molecule has 2 N–H and O–H groups in total. The van der Waals surface area contributed by atoms with Crippen LogP contribution in [0.1, 0.15) is 16.7 Å². The summed E-state index contributed by atoms with van der Waals surface area (Å²) in [5, 5.41) is 13.1. The molecule has 0 spiro atoms. The normalized spacial score (nSPS) is 10.5. The molecule has 0 fully saturated rings. The minimum Gasteiger partial charge on any atom is -0.411 e. The first kappa shape index (κ1) is 19.6. The Morgan fingerprint density at radius 3 is 2.54 bits per heavy atom. The van der Waals surface area contributed by atoms with Crippen molar-refractivity contribution in [3.8, 4) is 11.5 Å². The van der Waals surface area contributed by atoms with Crippen molar-refractivity contribution in [3.05, 3.63) is 59.2 Å². The molecule has 7 nitrogen and oxygen atoms in total. The van der Waals surface area contributed by atoms with Gasteiger partial charge in [0.25, 0.3) is 5.22 Å².